The number of hydrogen-bond acceptors (Lipinski definition) is 4. The lowest BCUT2D eigenvalue weighted by molar-refractivity contribution is 0.101. The molecular formula is C6H6N2O3S. The van der Waals surface area contributed by atoms with Crippen LogP contribution in [0, 0.1) is 0 Å². The number of ketones is 1. The number of anilines is 1. The van der Waals surface area contributed by atoms with Gasteiger partial charge >= 0.3 is 6.09 Å². The van der Waals surface area contributed by atoms with E-state index in [0.29, 0.717) is 0 Å². The largest absolute Gasteiger partial charge is 0.465 e. The number of carbonyl (C=O) groups excluding carboxylic acids is 1. The molecule has 12 heavy (non-hydrogen) atoms. The summed E-state index contributed by atoms with van der Waals surface area (Å²) < 4.78 is 0. The zero-order valence-corrected chi connectivity index (χ0v) is 7.01. The number of Topliss-reactive ketones (excluding diaryl/α,β-unsaturated/α-hetero) is 1. The van der Waals surface area contributed by atoms with Gasteiger partial charge < -0.3 is 5.11 Å². The number of nitrogens with one attached hydrogen (secondary N) is 1. The SMILES string of the molecule is CC(=O)c1csc(NC(=O)O)n1. The number of carbonyl (C=O) groups is 2. The maximum Gasteiger partial charge on any atom is 0.410 e. The highest BCUT2D eigenvalue weighted by atomic mass is 32.1. The lowest BCUT2D eigenvalue weighted by atomic mass is 10.4. The third-order valence-corrected chi connectivity index (χ3v) is 1.84. The summed E-state index contributed by atoms with van der Waals surface area (Å²) in [5, 5.41) is 12.1. The molecule has 0 aliphatic rings. The standard InChI is InChI=1S/C6H6N2O3S/c1-3(9)4-2-12-5(7-4)8-6(10)11/h2H,1H3,(H,7,8)(H,10,11). The minimum absolute atomic E-state index is 0.176. The summed E-state index contributed by atoms with van der Waals surface area (Å²) in [5.41, 5.74) is 0.281. The van der Waals surface area contributed by atoms with Crippen molar-refractivity contribution in [2.24, 2.45) is 0 Å². The molecule has 64 valence electrons. The van der Waals surface area contributed by atoms with Crippen LogP contribution in [0.5, 0.6) is 0 Å². The van der Waals surface area contributed by atoms with Crippen LogP contribution in [0.1, 0.15) is 17.4 Å². The van der Waals surface area contributed by atoms with Crippen molar-refractivity contribution in [3.05, 3.63) is 11.1 Å². The molecule has 5 nitrogen and oxygen atoms in total. The van der Waals surface area contributed by atoms with E-state index in [9.17, 15) is 9.59 Å². The average molecular weight is 186 g/mol. The van der Waals surface area contributed by atoms with Gasteiger partial charge in [0.05, 0.1) is 0 Å². The molecule has 0 spiro atoms. The highest BCUT2D eigenvalue weighted by molar-refractivity contribution is 7.14. The second-order valence-electron chi connectivity index (χ2n) is 2.02. The molecule has 1 amide bonds. The first kappa shape index (κ1) is 8.66. The normalized spacial score (nSPS) is 9.42. The second-order valence-corrected chi connectivity index (χ2v) is 2.88. The molecule has 0 radical (unpaired) electrons. The van der Waals surface area contributed by atoms with E-state index in [1.165, 1.54) is 12.3 Å². The highest BCUT2D eigenvalue weighted by Crippen LogP contribution is 2.15. The number of nitrogens with zero attached hydrogens (tertiary/aromatic N) is 1. The fourth-order valence-corrected chi connectivity index (χ4v) is 1.32. The molecule has 1 aromatic rings. The zero-order chi connectivity index (χ0) is 9.14. The summed E-state index contributed by atoms with van der Waals surface area (Å²) in [5.74, 6) is -0.176. The van der Waals surface area contributed by atoms with Crippen molar-refractivity contribution in [3.63, 3.8) is 0 Å². The van der Waals surface area contributed by atoms with Crippen LogP contribution in [-0.2, 0) is 0 Å². The van der Waals surface area contributed by atoms with Crippen LogP contribution in [0.2, 0.25) is 0 Å². The second kappa shape index (κ2) is 3.31. The van der Waals surface area contributed by atoms with Crippen molar-refractivity contribution >= 4 is 28.3 Å². The van der Waals surface area contributed by atoms with Crippen molar-refractivity contribution in [1.29, 1.82) is 0 Å². The van der Waals surface area contributed by atoms with Crippen LogP contribution in [0.3, 0.4) is 0 Å². The third kappa shape index (κ3) is 2.03. The van der Waals surface area contributed by atoms with Gasteiger partial charge in [0.1, 0.15) is 5.69 Å². The molecule has 1 heterocycles. The van der Waals surface area contributed by atoms with Gasteiger partial charge in [0, 0.05) is 12.3 Å². The van der Waals surface area contributed by atoms with E-state index in [2.05, 4.69) is 10.3 Å². The molecule has 6 heteroatoms. The van der Waals surface area contributed by atoms with Gasteiger partial charge in [0.15, 0.2) is 10.9 Å². The highest BCUT2D eigenvalue weighted by Gasteiger charge is 2.06. The van der Waals surface area contributed by atoms with Crippen LogP contribution in [-0.4, -0.2) is 22.0 Å². The minimum atomic E-state index is -1.18. The van der Waals surface area contributed by atoms with Gasteiger partial charge in [-0.25, -0.2) is 9.78 Å². The van der Waals surface area contributed by atoms with Gasteiger partial charge in [-0.3, -0.25) is 10.1 Å². The molecule has 0 aromatic carbocycles. The van der Waals surface area contributed by atoms with E-state index in [0.717, 1.165) is 11.3 Å². The Kier molecular flexibility index (Phi) is 2.39. The van der Waals surface area contributed by atoms with Gasteiger partial charge in [-0.15, -0.1) is 11.3 Å². The Labute approximate surface area is 72.1 Å². The number of thiazole rings is 1. The molecule has 0 bridgehead atoms. The van der Waals surface area contributed by atoms with Gasteiger partial charge in [-0.1, -0.05) is 0 Å². The lowest BCUT2D eigenvalue weighted by Crippen LogP contribution is -2.07. The number of hydrogen-bond donors (Lipinski definition) is 2. The summed E-state index contributed by atoms with van der Waals surface area (Å²) >= 11 is 1.08. The predicted molar refractivity (Wildman–Crippen MR) is 43.8 cm³/mol. The summed E-state index contributed by atoms with van der Waals surface area (Å²) in [6.45, 7) is 1.37. The van der Waals surface area contributed by atoms with Crippen molar-refractivity contribution in [2.75, 3.05) is 5.32 Å². The van der Waals surface area contributed by atoms with Gasteiger partial charge in [0.25, 0.3) is 0 Å². The Bertz CT molecular complexity index is 320. The Morgan fingerprint density at radius 1 is 1.67 bits per heavy atom. The predicted octanol–water partition coefficient (Wildman–Crippen LogP) is 1.44. The zero-order valence-electron chi connectivity index (χ0n) is 6.20. The summed E-state index contributed by atoms with van der Waals surface area (Å²) in [6, 6.07) is 0. The average Bonchev–Trinajstić information content (AvgIpc) is 2.34. The van der Waals surface area contributed by atoms with Crippen molar-refractivity contribution in [3.8, 4) is 0 Å². The Morgan fingerprint density at radius 2 is 2.33 bits per heavy atom. The van der Waals surface area contributed by atoms with E-state index < -0.39 is 6.09 Å². The topological polar surface area (TPSA) is 79.3 Å². The van der Waals surface area contributed by atoms with E-state index in [-0.39, 0.29) is 16.6 Å². The molecule has 0 saturated heterocycles. The smallest absolute Gasteiger partial charge is 0.410 e. The maximum absolute atomic E-state index is 10.7. The molecule has 2 N–H and O–H groups in total. The van der Waals surface area contributed by atoms with Gasteiger partial charge in [0.2, 0.25) is 0 Å². The lowest BCUT2D eigenvalue weighted by Gasteiger charge is -1.90. The quantitative estimate of drug-likeness (QED) is 0.685. The summed E-state index contributed by atoms with van der Waals surface area (Å²) in [6.07, 6.45) is -1.18. The fraction of sp³-hybridized carbons (Fsp3) is 0.167. The van der Waals surface area contributed by atoms with Crippen LogP contribution >= 0.6 is 11.3 Å². The van der Waals surface area contributed by atoms with Crippen LogP contribution in [0.4, 0.5) is 9.93 Å². The molecule has 0 unspecified atom stereocenters. The maximum atomic E-state index is 10.7. The van der Waals surface area contributed by atoms with Crippen LogP contribution < -0.4 is 5.32 Å². The molecule has 0 atom stereocenters. The van der Waals surface area contributed by atoms with Gasteiger partial charge in [-0.2, -0.15) is 0 Å². The molecule has 0 saturated carbocycles. The van der Waals surface area contributed by atoms with Crippen molar-refractivity contribution in [1.82, 2.24) is 4.98 Å². The number of carboxylic acid groups (broad SMARTS) is 1. The Balaban J connectivity index is 2.77. The van der Waals surface area contributed by atoms with Gasteiger partial charge in [-0.05, 0) is 0 Å². The van der Waals surface area contributed by atoms with Crippen molar-refractivity contribution < 1.29 is 14.7 Å². The van der Waals surface area contributed by atoms with Crippen molar-refractivity contribution in [2.45, 2.75) is 6.92 Å². The molecule has 0 aliphatic heterocycles. The first-order chi connectivity index (χ1) is 5.59. The van der Waals surface area contributed by atoms with E-state index >= 15 is 0 Å². The first-order valence-electron chi connectivity index (χ1n) is 3.06. The molecular weight excluding hydrogens is 180 g/mol. The molecule has 0 fully saturated rings. The number of aromatic nitrogens is 1. The Hall–Kier alpha value is -1.43. The first-order valence-corrected chi connectivity index (χ1v) is 3.94. The number of amides is 1. The van der Waals surface area contributed by atoms with Crippen LogP contribution in [0.15, 0.2) is 5.38 Å². The molecule has 0 aliphatic carbocycles. The van der Waals surface area contributed by atoms with E-state index in [1.807, 2.05) is 0 Å². The monoisotopic (exact) mass is 186 g/mol. The minimum Gasteiger partial charge on any atom is -0.465 e. The number of rotatable bonds is 2. The Morgan fingerprint density at radius 3 is 2.75 bits per heavy atom. The van der Waals surface area contributed by atoms with Crippen LogP contribution in [0.25, 0.3) is 0 Å². The summed E-state index contributed by atoms with van der Waals surface area (Å²) in [7, 11) is 0. The van der Waals surface area contributed by atoms with E-state index in [1.54, 1.807) is 0 Å². The summed E-state index contributed by atoms with van der Waals surface area (Å²) in [4.78, 5) is 24.6. The molecule has 1 rings (SSSR count). The fourth-order valence-electron chi connectivity index (χ4n) is 0.584. The molecule has 1 aromatic heterocycles. The third-order valence-electron chi connectivity index (χ3n) is 1.08. The van der Waals surface area contributed by atoms with E-state index in [4.69, 9.17) is 5.11 Å².